The van der Waals surface area contributed by atoms with Crippen molar-refractivity contribution < 1.29 is 9.47 Å². The second-order valence-corrected chi connectivity index (χ2v) is 7.35. The minimum atomic E-state index is 0.206. The van der Waals surface area contributed by atoms with Crippen LogP contribution in [0.25, 0.3) is 0 Å². The molecule has 0 radical (unpaired) electrons. The van der Waals surface area contributed by atoms with E-state index in [9.17, 15) is 0 Å². The molecule has 0 amide bonds. The van der Waals surface area contributed by atoms with Crippen LogP contribution in [0.5, 0.6) is 0 Å². The standard InChI is InChI=1S/C25H27NO2/c1-4-10-21(11-5-1)16-26(17-22-12-6-2-7-13-22)18-24-25(28-24)20-27-19-23-14-8-3-9-15-23/h1-15,24-25H,16-20H2/t24-,25+/m0/s1. The van der Waals surface area contributed by atoms with Gasteiger partial charge in [0, 0.05) is 19.6 Å². The molecule has 3 aromatic rings. The molecule has 2 atom stereocenters. The van der Waals surface area contributed by atoms with Crippen LogP contribution in [0.3, 0.4) is 0 Å². The molecule has 0 bridgehead atoms. The van der Waals surface area contributed by atoms with Gasteiger partial charge in [-0.2, -0.15) is 0 Å². The van der Waals surface area contributed by atoms with Crippen LogP contribution in [0.15, 0.2) is 91.0 Å². The van der Waals surface area contributed by atoms with Gasteiger partial charge in [-0.3, -0.25) is 4.90 Å². The van der Waals surface area contributed by atoms with Crippen LogP contribution < -0.4 is 0 Å². The maximum Gasteiger partial charge on any atom is 0.109 e. The molecule has 4 rings (SSSR count). The average molecular weight is 373 g/mol. The van der Waals surface area contributed by atoms with Crippen LogP contribution in [0, 0.1) is 0 Å². The van der Waals surface area contributed by atoms with E-state index in [1.54, 1.807) is 0 Å². The highest BCUT2D eigenvalue weighted by atomic mass is 16.6. The molecule has 0 N–H and O–H groups in total. The second-order valence-electron chi connectivity index (χ2n) is 7.35. The number of hydrogen-bond donors (Lipinski definition) is 0. The van der Waals surface area contributed by atoms with E-state index in [-0.39, 0.29) is 12.2 Å². The lowest BCUT2D eigenvalue weighted by atomic mass is 10.1. The zero-order valence-corrected chi connectivity index (χ0v) is 16.1. The van der Waals surface area contributed by atoms with Crippen LogP contribution in [-0.4, -0.2) is 30.3 Å². The van der Waals surface area contributed by atoms with Crippen molar-refractivity contribution in [2.45, 2.75) is 31.9 Å². The summed E-state index contributed by atoms with van der Waals surface area (Å²) in [7, 11) is 0. The minimum Gasteiger partial charge on any atom is -0.374 e. The highest BCUT2D eigenvalue weighted by Gasteiger charge is 2.40. The van der Waals surface area contributed by atoms with Crippen molar-refractivity contribution in [3.05, 3.63) is 108 Å². The Labute approximate surface area is 167 Å². The molecule has 1 aliphatic heterocycles. The number of nitrogens with zero attached hydrogens (tertiary/aromatic N) is 1. The molecule has 0 aliphatic carbocycles. The van der Waals surface area contributed by atoms with E-state index >= 15 is 0 Å². The number of ether oxygens (including phenoxy) is 2. The van der Waals surface area contributed by atoms with Gasteiger partial charge in [0.25, 0.3) is 0 Å². The van der Waals surface area contributed by atoms with E-state index in [1.165, 1.54) is 16.7 Å². The molecule has 3 aromatic carbocycles. The first-order valence-electron chi connectivity index (χ1n) is 9.94. The van der Waals surface area contributed by atoms with Gasteiger partial charge in [-0.15, -0.1) is 0 Å². The summed E-state index contributed by atoms with van der Waals surface area (Å²) in [6.45, 7) is 4.07. The summed E-state index contributed by atoms with van der Waals surface area (Å²) in [4.78, 5) is 2.46. The number of rotatable bonds is 10. The predicted octanol–water partition coefficient (Wildman–Crippen LogP) is 4.67. The number of epoxide rings is 1. The Morgan fingerprint density at radius 2 is 1.14 bits per heavy atom. The summed E-state index contributed by atoms with van der Waals surface area (Å²) < 4.78 is 11.7. The fourth-order valence-electron chi connectivity index (χ4n) is 3.48. The maximum absolute atomic E-state index is 5.89. The van der Waals surface area contributed by atoms with E-state index in [0.717, 1.165) is 19.6 Å². The third-order valence-corrected chi connectivity index (χ3v) is 5.02. The zero-order chi connectivity index (χ0) is 19.0. The smallest absolute Gasteiger partial charge is 0.109 e. The highest BCUT2D eigenvalue weighted by Crippen LogP contribution is 2.25. The Morgan fingerprint density at radius 3 is 1.68 bits per heavy atom. The predicted molar refractivity (Wildman–Crippen MR) is 112 cm³/mol. The van der Waals surface area contributed by atoms with Crippen molar-refractivity contribution in [3.63, 3.8) is 0 Å². The molecular weight excluding hydrogens is 346 g/mol. The normalized spacial score (nSPS) is 18.3. The molecule has 3 heteroatoms. The third-order valence-electron chi connectivity index (χ3n) is 5.02. The molecule has 0 unspecified atom stereocenters. The molecule has 0 aromatic heterocycles. The van der Waals surface area contributed by atoms with Crippen LogP contribution in [0.2, 0.25) is 0 Å². The van der Waals surface area contributed by atoms with Crippen LogP contribution >= 0.6 is 0 Å². The quantitative estimate of drug-likeness (QED) is 0.483. The molecular formula is C25H27NO2. The van der Waals surface area contributed by atoms with Gasteiger partial charge in [0.2, 0.25) is 0 Å². The van der Waals surface area contributed by atoms with Crippen molar-refractivity contribution in [2.75, 3.05) is 13.2 Å². The van der Waals surface area contributed by atoms with Crippen LogP contribution in [0.1, 0.15) is 16.7 Å². The highest BCUT2D eigenvalue weighted by molar-refractivity contribution is 5.17. The topological polar surface area (TPSA) is 25.0 Å². The monoisotopic (exact) mass is 373 g/mol. The van der Waals surface area contributed by atoms with Gasteiger partial charge >= 0.3 is 0 Å². The average Bonchev–Trinajstić information content (AvgIpc) is 3.48. The fraction of sp³-hybridized carbons (Fsp3) is 0.280. The summed E-state index contributed by atoms with van der Waals surface area (Å²) in [6, 6.07) is 31.6. The largest absolute Gasteiger partial charge is 0.374 e. The van der Waals surface area contributed by atoms with E-state index in [2.05, 4.69) is 77.7 Å². The van der Waals surface area contributed by atoms with Gasteiger partial charge in [0.15, 0.2) is 0 Å². The molecule has 1 aliphatic rings. The molecule has 0 saturated carbocycles. The van der Waals surface area contributed by atoms with Crippen molar-refractivity contribution in [2.24, 2.45) is 0 Å². The van der Waals surface area contributed by atoms with Gasteiger partial charge < -0.3 is 9.47 Å². The first-order valence-corrected chi connectivity index (χ1v) is 9.94. The van der Waals surface area contributed by atoms with Crippen molar-refractivity contribution in [3.8, 4) is 0 Å². The van der Waals surface area contributed by atoms with E-state index < -0.39 is 0 Å². The summed E-state index contributed by atoms with van der Waals surface area (Å²) in [5, 5.41) is 0. The Bertz CT molecular complexity index is 781. The number of hydrogen-bond acceptors (Lipinski definition) is 3. The lowest BCUT2D eigenvalue weighted by Crippen LogP contribution is -2.28. The summed E-state index contributed by atoms with van der Waals surface area (Å²) in [6.07, 6.45) is 0.459. The molecule has 3 nitrogen and oxygen atoms in total. The number of benzene rings is 3. The Kier molecular flexibility index (Phi) is 6.51. The van der Waals surface area contributed by atoms with Crippen LogP contribution in [-0.2, 0) is 29.2 Å². The molecule has 28 heavy (non-hydrogen) atoms. The first kappa shape index (κ1) is 18.9. The van der Waals surface area contributed by atoms with Gasteiger partial charge in [0.05, 0.1) is 19.3 Å². The van der Waals surface area contributed by atoms with Gasteiger partial charge in [-0.1, -0.05) is 91.0 Å². The first-order chi connectivity index (χ1) is 13.9. The van der Waals surface area contributed by atoms with Gasteiger partial charge in [-0.05, 0) is 16.7 Å². The SMILES string of the molecule is c1ccc(COC[C@H]2O[C@H]2CN(Cc2ccccc2)Cc2ccccc2)cc1. The Hall–Kier alpha value is -2.46. The lowest BCUT2D eigenvalue weighted by molar-refractivity contribution is 0.104. The van der Waals surface area contributed by atoms with Gasteiger partial charge in [0.1, 0.15) is 6.10 Å². The molecule has 0 spiro atoms. The molecule has 1 heterocycles. The summed E-state index contributed by atoms with van der Waals surface area (Å²) in [5.41, 5.74) is 3.86. The van der Waals surface area contributed by atoms with Gasteiger partial charge in [-0.25, -0.2) is 0 Å². The lowest BCUT2D eigenvalue weighted by Gasteiger charge is -2.22. The van der Waals surface area contributed by atoms with E-state index in [4.69, 9.17) is 9.47 Å². The fourth-order valence-corrected chi connectivity index (χ4v) is 3.48. The Morgan fingerprint density at radius 1 is 0.643 bits per heavy atom. The van der Waals surface area contributed by atoms with Crippen molar-refractivity contribution in [1.82, 2.24) is 4.90 Å². The maximum atomic E-state index is 5.89. The second kappa shape index (κ2) is 9.65. The zero-order valence-electron chi connectivity index (χ0n) is 16.1. The summed E-state index contributed by atoms with van der Waals surface area (Å²) in [5.74, 6) is 0. The van der Waals surface area contributed by atoms with Crippen molar-refractivity contribution in [1.29, 1.82) is 0 Å². The molecule has 144 valence electrons. The van der Waals surface area contributed by atoms with Crippen molar-refractivity contribution >= 4 is 0 Å². The van der Waals surface area contributed by atoms with Crippen LogP contribution in [0.4, 0.5) is 0 Å². The Balaban J connectivity index is 1.28. The van der Waals surface area contributed by atoms with E-state index in [1.807, 2.05) is 18.2 Å². The minimum absolute atomic E-state index is 0.206. The third kappa shape index (κ3) is 5.77. The molecule has 1 saturated heterocycles. The van der Waals surface area contributed by atoms with E-state index in [0.29, 0.717) is 13.2 Å². The molecule has 1 fully saturated rings. The summed E-state index contributed by atoms with van der Waals surface area (Å²) >= 11 is 0.